The van der Waals surface area contributed by atoms with Gasteiger partial charge in [-0.15, -0.1) is 8.93 Å². The van der Waals surface area contributed by atoms with Crippen molar-refractivity contribution in [3.8, 4) is 0 Å². The third-order valence-electron chi connectivity index (χ3n) is 2.17. The Labute approximate surface area is 84.9 Å². The summed E-state index contributed by atoms with van der Waals surface area (Å²) in [6, 6.07) is 0. The van der Waals surface area contributed by atoms with Crippen molar-refractivity contribution in [1.82, 2.24) is 0 Å². The van der Waals surface area contributed by atoms with Gasteiger partial charge < -0.3 is 0 Å². The SMILES string of the molecule is CC(C)(C)SC1CCCC1PP. The maximum Gasteiger partial charge on any atom is 0.0120 e. The minimum atomic E-state index is 0.456. The lowest BCUT2D eigenvalue weighted by atomic mass is 10.3. The summed E-state index contributed by atoms with van der Waals surface area (Å²) in [5.74, 6) is 0. The zero-order valence-electron chi connectivity index (χ0n) is 8.26. The normalized spacial score (nSPS) is 32.0. The predicted molar refractivity (Wildman–Crippen MR) is 66.8 cm³/mol. The first-order chi connectivity index (χ1) is 5.53. The van der Waals surface area contributed by atoms with Gasteiger partial charge in [-0.1, -0.05) is 35.5 Å². The van der Waals surface area contributed by atoms with Crippen LogP contribution >= 0.6 is 29.0 Å². The molecule has 0 nitrogen and oxygen atoms in total. The second-order valence-electron chi connectivity index (χ2n) is 4.47. The number of rotatable bonds is 2. The first-order valence-corrected chi connectivity index (χ1v) is 8.43. The van der Waals surface area contributed by atoms with Crippen LogP contribution in [0.5, 0.6) is 0 Å². The van der Waals surface area contributed by atoms with E-state index in [0.717, 1.165) is 19.2 Å². The molecule has 4 atom stereocenters. The van der Waals surface area contributed by atoms with Crippen molar-refractivity contribution in [3.63, 3.8) is 0 Å². The highest BCUT2D eigenvalue weighted by atomic mass is 32.2. The van der Waals surface area contributed by atoms with Crippen LogP contribution in [0.1, 0.15) is 40.0 Å². The van der Waals surface area contributed by atoms with E-state index in [-0.39, 0.29) is 0 Å². The molecule has 0 aromatic heterocycles. The quantitative estimate of drug-likeness (QED) is 0.638. The van der Waals surface area contributed by atoms with E-state index < -0.39 is 0 Å². The molecule has 12 heavy (non-hydrogen) atoms. The van der Waals surface area contributed by atoms with E-state index in [4.69, 9.17) is 0 Å². The van der Waals surface area contributed by atoms with Gasteiger partial charge in [-0.2, -0.15) is 11.8 Å². The van der Waals surface area contributed by atoms with Crippen molar-refractivity contribution in [2.24, 2.45) is 0 Å². The highest BCUT2D eigenvalue weighted by Crippen LogP contribution is 2.47. The van der Waals surface area contributed by atoms with Crippen LogP contribution in [0.2, 0.25) is 0 Å². The van der Waals surface area contributed by atoms with Gasteiger partial charge in [-0.05, 0) is 18.5 Å². The zero-order chi connectivity index (χ0) is 9.19. The monoisotopic (exact) mass is 222 g/mol. The third-order valence-corrected chi connectivity index (χ3v) is 6.39. The number of thioether (sulfide) groups is 1. The Morgan fingerprint density at radius 3 is 2.50 bits per heavy atom. The first kappa shape index (κ1) is 11.3. The van der Waals surface area contributed by atoms with Crippen molar-refractivity contribution >= 4 is 29.0 Å². The molecule has 0 saturated heterocycles. The molecule has 1 aliphatic rings. The summed E-state index contributed by atoms with van der Waals surface area (Å²) in [7, 11) is 4.01. The third kappa shape index (κ3) is 3.52. The second kappa shape index (κ2) is 4.63. The minimum absolute atomic E-state index is 0.456. The van der Waals surface area contributed by atoms with Crippen LogP contribution in [0.15, 0.2) is 0 Å². The maximum atomic E-state index is 2.93. The van der Waals surface area contributed by atoms with Crippen molar-refractivity contribution in [2.45, 2.75) is 55.7 Å². The summed E-state index contributed by atoms with van der Waals surface area (Å²) in [4.78, 5) is 0. The molecule has 4 unspecified atom stereocenters. The molecule has 0 bridgehead atoms. The van der Waals surface area contributed by atoms with E-state index >= 15 is 0 Å². The molecule has 0 spiro atoms. The Hall–Kier alpha value is 1.21. The van der Waals surface area contributed by atoms with Crippen LogP contribution in [0.3, 0.4) is 0 Å². The molecule has 0 N–H and O–H groups in total. The van der Waals surface area contributed by atoms with E-state index in [9.17, 15) is 0 Å². The van der Waals surface area contributed by atoms with Gasteiger partial charge >= 0.3 is 0 Å². The fourth-order valence-corrected chi connectivity index (χ4v) is 6.01. The molecule has 0 aromatic rings. The molecule has 72 valence electrons. The summed E-state index contributed by atoms with van der Waals surface area (Å²) in [6.07, 6.45) is 4.38. The lowest BCUT2D eigenvalue weighted by Gasteiger charge is -2.26. The summed E-state index contributed by atoms with van der Waals surface area (Å²) in [6.45, 7) is 7.00. The van der Waals surface area contributed by atoms with Gasteiger partial charge in [0, 0.05) is 10.00 Å². The molecular weight excluding hydrogens is 202 g/mol. The summed E-state index contributed by atoms with van der Waals surface area (Å²) < 4.78 is 0.456. The van der Waals surface area contributed by atoms with Crippen molar-refractivity contribution in [1.29, 1.82) is 0 Å². The fraction of sp³-hybridized carbons (Fsp3) is 1.00. The van der Waals surface area contributed by atoms with Crippen LogP contribution in [0, 0.1) is 0 Å². The predicted octanol–water partition coefficient (Wildman–Crippen LogP) is 3.91. The number of hydrogen-bond donors (Lipinski definition) is 0. The largest absolute Gasteiger partial charge is 0.152 e. The van der Waals surface area contributed by atoms with Gasteiger partial charge in [0.05, 0.1) is 0 Å². The van der Waals surface area contributed by atoms with E-state index in [1.807, 2.05) is 0 Å². The summed E-state index contributed by atoms with van der Waals surface area (Å²) >= 11 is 2.19. The van der Waals surface area contributed by atoms with Gasteiger partial charge in [-0.25, -0.2) is 0 Å². The topological polar surface area (TPSA) is 0 Å². The molecular formula is C9H20P2S. The highest BCUT2D eigenvalue weighted by molar-refractivity contribution is 8.05. The van der Waals surface area contributed by atoms with Gasteiger partial charge in [0.15, 0.2) is 0 Å². The second-order valence-corrected chi connectivity index (χ2v) is 8.61. The van der Waals surface area contributed by atoms with Gasteiger partial charge in [0.25, 0.3) is 0 Å². The van der Waals surface area contributed by atoms with Crippen molar-refractivity contribution in [3.05, 3.63) is 0 Å². The molecule has 0 aliphatic heterocycles. The standard InChI is InChI=1S/C9H20P2S/c1-9(2,3)12-8-6-4-5-7(8)11-10/h7-8,11H,4-6,10H2,1-3H3. The van der Waals surface area contributed by atoms with Crippen molar-refractivity contribution in [2.75, 3.05) is 0 Å². The van der Waals surface area contributed by atoms with Crippen LogP contribution in [-0.4, -0.2) is 15.7 Å². The summed E-state index contributed by atoms with van der Waals surface area (Å²) in [5, 5.41) is 0.945. The molecule has 1 aliphatic carbocycles. The molecule has 0 aromatic carbocycles. The first-order valence-electron chi connectivity index (χ1n) is 4.67. The Kier molecular flexibility index (Phi) is 4.35. The lowest BCUT2D eigenvalue weighted by Crippen LogP contribution is -2.19. The molecule has 0 amide bonds. The van der Waals surface area contributed by atoms with Gasteiger partial charge in [0.1, 0.15) is 0 Å². The average molecular weight is 222 g/mol. The van der Waals surface area contributed by atoms with Crippen LogP contribution in [-0.2, 0) is 0 Å². The smallest absolute Gasteiger partial charge is 0.0120 e. The molecule has 3 heteroatoms. The minimum Gasteiger partial charge on any atom is -0.152 e. The van der Waals surface area contributed by atoms with Crippen LogP contribution in [0.4, 0.5) is 0 Å². The Morgan fingerprint density at radius 2 is 2.00 bits per heavy atom. The van der Waals surface area contributed by atoms with E-state index in [1.54, 1.807) is 0 Å². The fourth-order valence-electron chi connectivity index (χ4n) is 1.71. The van der Waals surface area contributed by atoms with E-state index in [2.05, 4.69) is 41.5 Å². The average Bonchev–Trinajstić information content (AvgIpc) is 2.31. The molecule has 0 radical (unpaired) electrons. The van der Waals surface area contributed by atoms with Crippen LogP contribution in [0.25, 0.3) is 0 Å². The zero-order valence-corrected chi connectivity index (χ0v) is 11.2. The Morgan fingerprint density at radius 1 is 1.33 bits per heavy atom. The van der Waals surface area contributed by atoms with Crippen LogP contribution < -0.4 is 0 Å². The van der Waals surface area contributed by atoms with Gasteiger partial charge in [-0.3, -0.25) is 0 Å². The Bertz CT molecular complexity index is 142. The highest BCUT2D eigenvalue weighted by Gasteiger charge is 2.29. The maximum absolute atomic E-state index is 2.93. The molecule has 0 heterocycles. The van der Waals surface area contributed by atoms with Crippen molar-refractivity contribution < 1.29 is 0 Å². The molecule has 1 fully saturated rings. The van der Waals surface area contributed by atoms with E-state index in [1.165, 1.54) is 19.3 Å². The van der Waals surface area contributed by atoms with E-state index in [0.29, 0.717) is 4.75 Å². The lowest BCUT2D eigenvalue weighted by molar-refractivity contribution is 0.782. The Balaban J connectivity index is 2.41. The summed E-state index contributed by atoms with van der Waals surface area (Å²) in [5.41, 5.74) is 0.999. The van der Waals surface area contributed by atoms with Gasteiger partial charge in [0.2, 0.25) is 0 Å². The molecule has 1 saturated carbocycles. The number of hydrogen-bond acceptors (Lipinski definition) is 1. The molecule has 1 rings (SSSR count).